The van der Waals surface area contributed by atoms with Crippen molar-refractivity contribution in [3.63, 3.8) is 0 Å². The number of hydrogen-bond acceptors (Lipinski definition) is 3. The van der Waals surface area contributed by atoms with Crippen LogP contribution in [-0.2, 0) is 0 Å². The molecule has 16 heavy (non-hydrogen) atoms. The number of piperidine rings is 1. The fraction of sp³-hybridized carbons (Fsp3) is 0.615. The van der Waals surface area contributed by atoms with Crippen LogP contribution in [0, 0.1) is 5.92 Å². The van der Waals surface area contributed by atoms with Gasteiger partial charge >= 0.3 is 0 Å². The van der Waals surface area contributed by atoms with E-state index in [1.165, 1.54) is 19.8 Å². The predicted octanol–water partition coefficient (Wildman–Crippen LogP) is 3.11. The van der Waals surface area contributed by atoms with Gasteiger partial charge in [-0.3, -0.25) is 4.79 Å². The number of nitrogens with zero attached hydrogens (tertiary/aromatic N) is 1. The summed E-state index contributed by atoms with van der Waals surface area (Å²) in [5.41, 5.74) is 0. The molecule has 0 radical (unpaired) electrons. The van der Waals surface area contributed by atoms with Gasteiger partial charge < -0.3 is 9.32 Å². The maximum absolute atomic E-state index is 11.2. The van der Waals surface area contributed by atoms with Crippen LogP contribution in [0.2, 0.25) is 0 Å². The van der Waals surface area contributed by atoms with E-state index in [2.05, 4.69) is 18.7 Å². The Labute approximate surface area is 96.4 Å². The van der Waals surface area contributed by atoms with Crippen molar-refractivity contribution in [2.24, 2.45) is 5.92 Å². The van der Waals surface area contributed by atoms with E-state index in [0.717, 1.165) is 12.4 Å². The van der Waals surface area contributed by atoms with Crippen LogP contribution in [0.3, 0.4) is 0 Å². The number of rotatable bonds is 2. The van der Waals surface area contributed by atoms with Crippen LogP contribution in [-0.4, -0.2) is 18.4 Å². The summed E-state index contributed by atoms with van der Waals surface area (Å²) in [7, 11) is 0. The highest BCUT2D eigenvalue weighted by atomic mass is 16.4. The van der Waals surface area contributed by atoms with Crippen molar-refractivity contribution in [2.75, 3.05) is 11.4 Å². The molecule has 0 aromatic carbocycles. The van der Waals surface area contributed by atoms with Gasteiger partial charge in [0.1, 0.15) is 0 Å². The number of Topliss-reactive ketones (excluding diaryl/α,β-unsaturated/α-hetero) is 1. The van der Waals surface area contributed by atoms with Gasteiger partial charge in [-0.25, -0.2) is 0 Å². The lowest BCUT2D eigenvalue weighted by Gasteiger charge is -2.36. The molecule has 1 aliphatic rings. The molecule has 0 spiro atoms. The first-order chi connectivity index (χ1) is 7.58. The molecule has 3 nitrogen and oxygen atoms in total. The second kappa shape index (κ2) is 4.32. The molecule has 0 amide bonds. The number of furan rings is 1. The van der Waals surface area contributed by atoms with Crippen molar-refractivity contribution < 1.29 is 9.21 Å². The van der Waals surface area contributed by atoms with Gasteiger partial charge in [0.15, 0.2) is 17.4 Å². The van der Waals surface area contributed by atoms with Crippen molar-refractivity contribution >= 4 is 11.7 Å². The Morgan fingerprint density at radius 1 is 1.38 bits per heavy atom. The fourth-order valence-corrected chi connectivity index (χ4v) is 2.27. The molecule has 1 aromatic rings. The third-order valence-corrected chi connectivity index (χ3v) is 3.34. The minimum absolute atomic E-state index is 0.0102. The maximum atomic E-state index is 11.2. The van der Waals surface area contributed by atoms with Gasteiger partial charge in [-0.2, -0.15) is 0 Å². The largest absolute Gasteiger partial charge is 0.437 e. The zero-order valence-corrected chi connectivity index (χ0v) is 10.2. The molecule has 2 unspecified atom stereocenters. The smallest absolute Gasteiger partial charge is 0.196 e. The van der Waals surface area contributed by atoms with E-state index in [1.54, 1.807) is 6.07 Å². The molecule has 1 fully saturated rings. The molecule has 2 rings (SSSR count). The van der Waals surface area contributed by atoms with E-state index in [-0.39, 0.29) is 5.78 Å². The minimum Gasteiger partial charge on any atom is -0.437 e. The summed E-state index contributed by atoms with van der Waals surface area (Å²) in [6, 6.07) is 4.18. The zero-order chi connectivity index (χ0) is 11.7. The molecule has 1 aromatic heterocycles. The summed E-state index contributed by atoms with van der Waals surface area (Å²) in [5, 5.41) is 0. The molecule has 3 heteroatoms. The lowest BCUT2D eigenvalue weighted by molar-refractivity contribution is 0.0987. The average Bonchev–Trinajstić information content (AvgIpc) is 2.70. The van der Waals surface area contributed by atoms with Gasteiger partial charge in [-0.05, 0) is 31.7 Å². The maximum Gasteiger partial charge on any atom is 0.196 e. The topological polar surface area (TPSA) is 33.5 Å². The van der Waals surface area contributed by atoms with E-state index in [1.807, 2.05) is 6.07 Å². The highest BCUT2D eigenvalue weighted by Gasteiger charge is 2.25. The summed E-state index contributed by atoms with van der Waals surface area (Å²) in [6.45, 7) is 7.02. The standard InChI is InChI=1S/C13H19NO2/c1-9-4-5-10(2)14(8-9)13-7-6-12(16-13)11(3)15/h6-7,9-10H,4-5,8H2,1-3H3. The number of ketones is 1. The summed E-state index contributed by atoms with van der Waals surface area (Å²) in [6.07, 6.45) is 2.47. The Kier molecular flexibility index (Phi) is 3.03. The molecule has 1 aliphatic heterocycles. The lowest BCUT2D eigenvalue weighted by Crippen LogP contribution is -2.40. The number of hydrogen-bond donors (Lipinski definition) is 0. The first kappa shape index (κ1) is 11.2. The molecule has 0 saturated carbocycles. The van der Waals surface area contributed by atoms with Gasteiger partial charge in [0.05, 0.1) is 0 Å². The molecule has 2 atom stereocenters. The third kappa shape index (κ3) is 2.13. The normalized spacial score (nSPS) is 25.8. The van der Waals surface area contributed by atoms with Crippen LogP contribution in [0.5, 0.6) is 0 Å². The van der Waals surface area contributed by atoms with Crippen LogP contribution in [0.1, 0.15) is 44.2 Å². The summed E-state index contributed by atoms with van der Waals surface area (Å²) in [4.78, 5) is 13.4. The summed E-state index contributed by atoms with van der Waals surface area (Å²) in [5.74, 6) is 1.98. The molecule has 0 N–H and O–H groups in total. The van der Waals surface area contributed by atoms with E-state index in [0.29, 0.717) is 17.7 Å². The van der Waals surface area contributed by atoms with E-state index in [4.69, 9.17) is 4.42 Å². The molecule has 88 valence electrons. The fourth-order valence-electron chi connectivity index (χ4n) is 2.27. The number of anilines is 1. The Balaban J connectivity index is 2.18. The second-order valence-corrected chi connectivity index (χ2v) is 4.88. The van der Waals surface area contributed by atoms with Crippen LogP contribution < -0.4 is 4.90 Å². The van der Waals surface area contributed by atoms with Gasteiger partial charge in [0.2, 0.25) is 0 Å². The Bertz CT molecular complexity index is 383. The molecular weight excluding hydrogens is 202 g/mol. The minimum atomic E-state index is -0.0102. The number of carbonyl (C=O) groups is 1. The van der Waals surface area contributed by atoms with Crippen molar-refractivity contribution in [3.8, 4) is 0 Å². The monoisotopic (exact) mass is 221 g/mol. The molecule has 2 heterocycles. The molecular formula is C13H19NO2. The molecule has 0 bridgehead atoms. The third-order valence-electron chi connectivity index (χ3n) is 3.34. The predicted molar refractivity (Wildman–Crippen MR) is 63.9 cm³/mol. The quantitative estimate of drug-likeness (QED) is 0.719. The summed E-state index contributed by atoms with van der Waals surface area (Å²) >= 11 is 0. The highest BCUT2D eigenvalue weighted by molar-refractivity contribution is 5.91. The van der Waals surface area contributed by atoms with Crippen LogP contribution in [0.15, 0.2) is 16.5 Å². The van der Waals surface area contributed by atoms with Gasteiger partial charge in [0.25, 0.3) is 0 Å². The van der Waals surface area contributed by atoms with Gasteiger partial charge in [-0.15, -0.1) is 0 Å². The SMILES string of the molecule is CC(=O)c1ccc(N2CC(C)CCC2C)o1. The van der Waals surface area contributed by atoms with Crippen molar-refractivity contribution in [1.82, 2.24) is 0 Å². The first-order valence-corrected chi connectivity index (χ1v) is 5.95. The zero-order valence-electron chi connectivity index (χ0n) is 10.2. The highest BCUT2D eigenvalue weighted by Crippen LogP contribution is 2.28. The van der Waals surface area contributed by atoms with Crippen LogP contribution in [0.25, 0.3) is 0 Å². The molecule has 0 aliphatic carbocycles. The van der Waals surface area contributed by atoms with Crippen molar-refractivity contribution in [1.29, 1.82) is 0 Å². The Hall–Kier alpha value is -1.25. The Morgan fingerprint density at radius 3 is 2.75 bits per heavy atom. The van der Waals surface area contributed by atoms with Gasteiger partial charge in [0, 0.05) is 25.6 Å². The van der Waals surface area contributed by atoms with Crippen LogP contribution >= 0.6 is 0 Å². The first-order valence-electron chi connectivity index (χ1n) is 5.95. The van der Waals surface area contributed by atoms with Crippen LogP contribution in [0.4, 0.5) is 5.88 Å². The summed E-state index contributed by atoms with van der Waals surface area (Å²) < 4.78 is 5.58. The van der Waals surface area contributed by atoms with E-state index >= 15 is 0 Å². The van der Waals surface area contributed by atoms with Crippen molar-refractivity contribution in [2.45, 2.75) is 39.7 Å². The Morgan fingerprint density at radius 2 is 2.12 bits per heavy atom. The lowest BCUT2D eigenvalue weighted by atomic mass is 9.95. The van der Waals surface area contributed by atoms with E-state index in [9.17, 15) is 4.79 Å². The average molecular weight is 221 g/mol. The van der Waals surface area contributed by atoms with E-state index < -0.39 is 0 Å². The van der Waals surface area contributed by atoms with Crippen molar-refractivity contribution in [3.05, 3.63) is 17.9 Å². The molecule has 1 saturated heterocycles. The second-order valence-electron chi connectivity index (χ2n) is 4.88. The van der Waals surface area contributed by atoms with Gasteiger partial charge in [-0.1, -0.05) is 6.92 Å². The number of carbonyl (C=O) groups excluding carboxylic acids is 1.